The second-order valence-corrected chi connectivity index (χ2v) is 25.4. The van der Waals surface area contributed by atoms with E-state index in [-0.39, 0.29) is 40.9 Å². The third-order valence-corrected chi connectivity index (χ3v) is 19.6. The van der Waals surface area contributed by atoms with E-state index in [2.05, 4.69) is 67.9 Å². The van der Waals surface area contributed by atoms with Crippen molar-refractivity contribution in [3.63, 3.8) is 0 Å². The first-order valence-corrected chi connectivity index (χ1v) is 30.6. The van der Waals surface area contributed by atoms with Crippen molar-refractivity contribution in [2.24, 2.45) is 17.9 Å². The lowest BCUT2D eigenvalue weighted by atomic mass is 9.62. The third kappa shape index (κ3) is 13.9. The van der Waals surface area contributed by atoms with E-state index < -0.39 is 21.0 Å². The van der Waals surface area contributed by atoms with Gasteiger partial charge in [0.1, 0.15) is 11.6 Å². The van der Waals surface area contributed by atoms with Gasteiger partial charge in [-0.3, -0.25) is 24.2 Å². The molecule has 0 radical (unpaired) electrons. The van der Waals surface area contributed by atoms with Crippen LogP contribution in [0.4, 0.5) is 13.2 Å². The molecule has 5 aliphatic carbocycles. The van der Waals surface area contributed by atoms with Gasteiger partial charge in [0.15, 0.2) is 5.90 Å². The minimum absolute atomic E-state index is 0. The summed E-state index contributed by atoms with van der Waals surface area (Å²) in [7, 11) is 2.42. The molecule has 6 aromatic rings. The number of aromatic nitrogens is 3. The van der Waals surface area contributed by atoms with Crippen LogP contribution in [0.25, 0.3) is 0 Å². The lowest BCUT2D eigenvalue weighted by Gasteiger charge is -2.43. The fourth-order valence-corrected chi connectivity index (χ4v) is 12.7. The number of methoxy groups -OCH3 is 1. The number of nitrogens with one attached hydrogen (secondary N) is 2. The number of hydrogen-bond donors (Lipinski definition) is 3. The Balaban J connectivity index is 0.000000177. The third-order valence-electron chi connectivity index (χ3n) is 17.3. The molecule has 22 heteroatoms. The maximum absolute atomic E-state index is 11.9. The minimum Gasteiger partial charge on any atom is -0.484 e. The van der Waals surface area contributed by atoms with Crippen LogP contribution in [-0.4, -0.2) is 74.7 Å². The van der Waals surface area contributed by atoms with Crippen LogP contribution in [0.5, 0.6) is 0 Å². The van der Waals surface area contributed by atoms with Gasteiger partial charge in [-0.1, -0.05) is 158 Å². The Bertz CT molecular complexity index is 3140. The van der Waals surface area contributed by atoms with Gasteiger partial charge in [-0.15, -0.1) is 10.2 Å². The number of alkyl halides is 3. The normalized spacial score (nSPS) is 18.1. The van der Waals surface area contributed by atoms with E-state index >= 15 is 0 Å². The van der Waals surface area contributed by atoms with Gasteiger partial charge < -0.3 is 14.6 Å². The van der Waals surface area contributed by atoms with Gasteiger partial charge in [0.05, 0.1) is 41.3 Å². The molecule has 0 saturated heterocycles. The number of carbonyl (C=O) groups is 2. The van der Waals surface area contributed by atoms with Crippen molar-refractivity contribution in [3.05, 3.63) is 186 Å². The zero-order chi connectivity index (χ0) is 60.4. The molecule has 13 nitrogen and oxygen atoms in total. The zero-order valence-corrected chi connectivity index (χ0v) is 51.5. The summed E-state index contributed by atoms with van der Waals surface area (Å²) < 4.78 is 63.5. The summed E-state index contributed by atoms with van der Waals surface area (Å²) in [6.07, 6.45) is 16.1. The Kier molecular flexibility index (Phi) is 23.0. The first kappa shape index (κ1) is 67.9. The largest absolute Gasteiger partial charge is 0.523 e. The first-order chi connectivity index (χ1) is 39.5. The fourth-order valence-electron chi connectivity index (χ4n) is 11.8. The summed E-state index contributed by atoms with van der Waals surface area (Å²) in [5, 5.41) is 16.0. The van der Waals surface area contributed by atoms with Crippen LogP contribution < -0.4 is 16.6 Å². The van der Waals surface area contributed by atoms with Crippen LogP contribution in [0.3, 0.4) is 0 Å². The number of likely N-dealkylation sites (N-methyl/N-ethyl adjacent to an activating group) is 1. The Morgan fingerprint density at radius 2 is 0.833 bits per heavy atom. The van der Waals surface area contributed by atoms with Gasteiger partial charge in [-0.2, -0.15) is 21.6 Å². The Morgan fingerprint density at radius 1 is 0.548 bits per heavy atom. The first-order valence-electron chi connectivity index (χ1n) is 27.3. The summed E-state index contributed by atoms with van der Waals surface area (Å²) >= 11 is 29.8. The van der Waals surface area contributed by atoms with Crippen molar-refractivity contribution < 1.29 is 40.1 Å². The highest BCUT2D eigenvalue weighted by molar-refractivity contribution is 7.87. The SMILES string of the molecule is C.CN=C(OC)C1(c2ccc(Cl)cc2)CCC1.CNC(=O)C1(c2ccc(Cl)cc2)CCC1.COS(=O)(=O)C(F)(F)F.Cn1c(C2(c3ccc(Cl)cc3)CCC2)nnc1C1(c2ccc(Cl)cc2)CCC1.NNC(=O)C1(c2ccc(Cl)cc2)CCC1. The second kappa shape index (κ2) is 28.5. The molecule has 0 unspecified atom stereocenters. The average molecular weight is 1280 g/mol. The van der Waals surface area contributed by atoms with Crippen LogP contribution in [-0.2, 0) is 62.7 Å². The maximum atomic E-state index is 11.9. The van der Waals surface area contributed by atoms with E-state index in [0.29, 0.717) is 17.2 Å². The molecule has 5 fully saturated rings. The second-order valence-electron chi connectivity index (χ2n) is 21.5. The van der Waals surface area contributed by atoms with Crippen molar-refractivity contribution in [1.29, 1.82) is 0 Å². The van der Waals surface area contributed by atoms with Crippen molar-refractivity contribution in [1.82, 2.24) is 25.5 Å². The lowest BCUT2D eigenvalue weighted by Crippen LogP contribution is -2.51. The Hall–Kier alpha value is -5.24. The van der Waals surface area contributed by atoms with E-state index in [4.69, 9.17) is 78.8 Å². The number of ether oxygens (including phenoxy) is 1. The molecule has 0 bridgehead atoms. The summed E-state index contributed by atoms with van der Waals surface area (Å²) in [6.45, 7) is 0. The van der Waals surface area contributed by atoms with Crippen molar-refractivity contribution >= 4 is 85.8 Å². The van der Waals surface area contributed by atoms with Gasteiger partial charge in [0.25, 0.3) is 0 Å². The quantitative estimate of drug-likeness (QED) is 0.0216. The number of rotatable bonds is 11. The molecule has 1 heterocycles. The van der Waals surface area contributed by atoms with Crippen molar-refractivity contribution in [3.8, 4) is 0 Å². The van der Waals surface area contributed by atoms with E-state index in [9.17, 15) is 31.2 Å². The molecule has 4 N–H and O–H groups in total. The molecule has 0 aliphatic heterocycles. The number of amides is 2. The van der Waals surface area contributed by atoms with Crippen LogP contribution in [0.15, 0.2) is 126 Å². The number of hydrogen-bond acceptors (Lipinski definition) is 10. The minimum atomic E-state index is -5.34. The van der Waals surface area contributed by atoms with Crippen molar-refractivity contribution in [2.75, 3.05) is 28.3 Å². The standard InChI is InChI=1S/C23H23Cl2N3.C13H16ClNO.C12H14ClNO.C11H13ClN2O.C2H3F3O3S.CH4/c1-28-20(22(12-2-13-22)16-4-8-18(24)9-5-16)26-27-21(28)23(14-3-15-23)17-6-10-19(25)11-7-17;1-15-12(16-2)13(8-3-9-13)10-4-6-11(14)7-5-10;1-14-11(15)12(7-2-8-12)9-3-5-10(13)6-4-9;12-9-4-2-8(3-5-9)11(6-1-7-11)10(15)14-13;1-8-9(6,7)2(3,4)5;/h4-11H,2-3,12-15H2,1H3;4-7H,3,8-9H2,1-2H3;3-6H,2,7-8H2,1H3,(H,14,15);2-5H,1,6-7,13H2,(H,14,15);1H3;1H4. The summed E-state index contributed by atoms with van der Waals surface area (Å²) in [6, 6.07) is 39.5. The number of aliphatic imine (C=N–C) groups is 1. The molecule has 5 aliphatic rings. The highest BCUT2D eigenvalue weighted by atomic mass is 35.5. The van der Waals surface area contributed by atoms with E-state index in [1.54, 1.807) is 33.3 Å². The molecule has 0 atom stereocenters. The van der Waals surface area contributed by atoms with Crippen LogP contribution in [0.1, 0.15) is 143 Å². The van der Waals surface area contributed by atoms with Crippen LogP contribution >= 0.6 is 58.0 Å². The van der Waals surface area contributed by atoms with Gasteiger partial charge in [-0.25, -0.2) is 5.84 Å². The predicted octanol–water partition coefficient (Wildman–Crippen LogP) is 14.9. The number of nitrogens with zero attached hydrogens (tertiary/aromatic N) is 4. The number of nitrogens with two attached hydrogens (primary N) is 1. The molecule has 0 spiro atoms. The van der Waals surface area contributed by atoms with Gasteiger partial charge in [-0.05, 0) is 153 Å². The van der Waals surface area contributed by atoms with E-state index in [1.807, 2.05) is 72.8 Å². The summed E-state index contributed by atoms with van der Waals surface area (Å²) in [5.74, 6) is 8.22. The fraction of sp³-hybridized carbons (Fsp3) is 0.435. The Labute approximate surface area is 516 Å². The van der Waals surface area contributed by atoms with E-state index in [1.165, 1.54) is 36.0 Å². The Morgan fingerprint density at radius 3 is 1.04 bits per heavy atom. The maximum Gasteiger partial charge on any atom is 0.523 e. The summed E-state index contributed by atoms with van der Waals surface area (Å²) in [4.78, 5) is 27.9. The molecule has 1 aromatic heterocycles. The lowest BCUT2D eigenvalue weighted by molar-refractivity contribution is -0.130. The average Bonchev–Trinajstić information content (AvgIpc) is 3.81. The van der Waals surface area contributed by atoms with Gasteiger partial charge >= 0.3 is 15.6 Å². The monoisotopic (exact) mass is 1280 g/mol. The van der Waals surface area contributed by atoms with Gasteiger partial charge in [0.2, 0.25) is 11.8 Å². The molecular formula is C62H73Cl5F3N7O6S. The predicted molar refractivity (Wildman–Crippen MR) is 330 cm³/mol. The van der Waals surface area contributed by atoms with Gasteiger partial charge in [0, 0.05) is 46.3 Å². The smallest absolute Gasteiger partial charge is 0.484 e. The molecule has 11 rings (SSSR count). The highest BCUT2D eigenvalue weighted by Crippen LogP contribution is 2.53. The molecule has 454 valence electrons. The van der Waals surface area contributed by atoms with Crippen molar-refractivity contribution in [2.45, 2.75) is 136 Å². The summed E-state index contributed by atoms with van der Waals surface area (Å²) in [5.41, 5.74) is 2.06. The number of benzene rings is 5. The number of halogens is 8. The molecule has 2 amide bonds. The highest BCUT2D eigenvalue weighted by Gasteiger charge is 2.51. The molecular weight excluding hydrogens is 1210 g/mol. The van der Waals surface area contributed by atoms with Crippen LogP contribution in [0, 0.1) is 0 Å². The number of hydrazine groups is 1. The molecule has 5 aromatic carbocycles. The molecule has 5 saturated carbocycles. The van der Waals surface area contributed by atoms with E-state index in [0.717, 1.165) is 121 Å². The van der Waals surface area contributed by atoms with Crippen LogP contribution in [0.2, 0.25) is 25.1 Å². The zero-order valence-electron chi connectivity index (χ0n) is 46.9. The molecule has 84 heavy (non-hydrogen) atoms. The number of carbonyl (C=O) groups excluding carboxylic acids is 2. The topological polar surface area (TPSA) is 180 Å².